The summed E-state index contributed by atoms with van der Waals surface area (Å²) in [5, 5.41) is 0. The molecule has 2 unspecified atom stereocenters. The summed E-state index contributed by atoms with van der Waals surface area (Å²) in [6, 6.07) is 0. The van der Waals surface area contributed by atoms with Crippen LogP contribution in [0.3, 0.4) is 0 Å². The summed E-state index contributed by atoms with van der Waals surface area (Å²) in [6.45, 7) is 9.33. The Balaban J connectivity index is -0.000000807. The van der Waals surface area contributed by atoms with Crippen LogP contribution in [-0.2, 0) is 19.1 Å². The molecule has 4 heteroatoms. The quantitative estimate of drug-likeness (QED) is 0.247. The maximum Gasteiger partial charge on any atom is 0.317 e. The fourth-order valence-electron chi connectivity index (χ4n) is 2.44. The molecule has 0 aliphatic carbocycles. The third-order valence-electron chi connectivity index (χ3n) is 4.34. The summed E-state index contributed by atoms with van der Waals surface area (Å²) >= 11 is 0. The summed E-state index contributed by atoms with van der Waals surface area (Å²) in [5.41, 5.74) is 0. The SMILES string of the molecule is C.C.C.CCCCC(CC)COC(=O)CC(=O)OCC(CC)CCCC. The lowest BCUT2D eigenvalue weighted by atomic mass is 10.0. The molecule has 0 rings (SSSR count). The van der Waals surface area contributed by atoms with E-state index in [-0.39, 0.29) is 28.7 Å². The molecule has 0 aromatic heterocycles. The molecule has 2 atom stereocenters. The summed E-state index contributed by atoms with van der Waals surface area (Å²) in [7, 11) is 0. The standard InChI is InChI=1S/C19H36O4.3CH4/c1-5-9-11-16(7-3)14-22-18(20)13-19(21)23-15-17(8-4)12-10-6-2;;;/h16-17H,5-15H2,1-4H3;3*1H4. The lowest BCUT2D eigenvalue weighted by Gasteiger charge is -2.16. The molecule has 0 amide bonds. The van der Waals surface area contributed by atoms with E-state index in [2.05, 4.69) is 27.7 Å². The van der Waals surface area contributed by atoms with Gasteiger partial charge in [0.05, 0.1) is 13.2 Å². The van der Waals surface area contributed by atoms with Gasteiger partial charge in [0.2, 0.25) is 0 Å². The van der Waals surface area contributed by atoms with Crippen molar-refractivity contribution in [2.45, 2.75) is 108 Å². The topological polar surface area (TPSA) is 52.6 Å². The minimum absolute atomic E-state index is 0. The van der Waals surface area contributed by atoms with Crippen LogP contribution in [0.4, 0.5) is 0 Å². The van der Waals surface area contributed by atoms with E-state index in [1.54, 1.807) is 0 Å². The lowest BCUT2D eigenvalue weighted by molar-refractivity contribution is -0.156. The van der Waals surface area contributed by atoms with Crippen LogP contribution in [0.2, 0.25) is 0 Å². The zero-order chi connectivity index (χ0) is 17.5. The fourth-order valence-corrected chi connectivity index (χ4v) is 2.44. The highest BCUT2D eigenvalue weighted by Gasteiger charge is 2.16. The first-order chi connectivity index (χ1) is 11.1. The van der Waals surface area contributed by atoms with Crippen molar-refractivity contribution >= 4 is 11.9 Å². The highest BCUT2D eigenvalue weighted by atomic mass is 16.6. The zero-order valence-electron chi connectivity index (χ0n) is 15.6. The van der Waals surface area contributed by atoms with E-state index in [0.717, 1.165) is 51.4 Å². The van der Waals surface area contributed by atoms with Crippen molar-refractivity contribution in [2.75, 3.05) is 13.2 Å². The first-order valence-electron chi connectivity index (χ1n) is 9.38. The number of hydrogen-bond donors (Lipinski definition) is 0. The number of esters is 2. The number of carbonyl (C=O) groups excluding carboxylic acids is 2. The average Bonchev–Trinajstić information content (AvgIpc) is 2.55. The molecule has 0 aliphatic rings. The molecule has 0 aromatic carbocycles. The van der Waals surface area contributed by atoms with E-state index in [1.807, 2.05) is 0 Å². The van der Waals surface area contributed by atoms with E-state index in [9.17, 15) is 9.59 Å². The van der Waals surface area contributed by atoms with Crippen LogP contribution >= 0.6 is 0 Å². The Hall–Kier alpha value is -1.06. The summed E-state index contributed by atoms with van der Waals surface area (Å²) in [6.07, 6.45) is 8.44. The molecule has 0 fully saturated rings. The predicted molar refractivity (Wildman–Crippen MR) is 113 cm³/mol. The number of carbonyl (C=O) groups is 2. The molecule has 0 aliphatic heterocycles. The van der Waals surface area contributed by atoms with Crippen LogP contribution in [0.15, 0.2) is 0 Å². The van der Waals surface area contributed by atoms with Crippen molar-refractivity contribution in [1.29, 1.82) is 0 Å². The molecular formula is C22H48O4. The Kier molecular flexibility index (Phi) is 27.6. The molecule has 0 aromatic rings. The monoisotopic (exact) mass is 376 g/mol. The summed E-state index contributed by atoms with van der Waals surface area (Å²) < 4.78 is 10.4. The van der Waals surface area contributed by atoms with Crippen LogP contribution in [0.1, 0.15) is 108 Å². The van der Waals surface area contributed by atoms with Crippen molar-refractivity contribution in [3.05, 3.63) is 0 Å². The first kappa shape index (κ1) is 32.6. The average molecular weight is 377 g/mol. The van der Waals surface area contributed by atoms with Crippen molar-refractivity contribution in [2.24, 2.45) is 11.8 Å². The van der Waals surface area contributed by atoms with Gasteiger partial charge in [0.15, 0.2) is 0 Å². The second-order valence-corrected chi connectivity index (χ2v) is 6.38. The van der Waals surface area contributed by atoms with Crippen LogP contribution in [0.25, 0.3) is 0 Å². The third-order valence-corrected chi connectivity index (χ3v) is 4.34. The van der Waals surface area contributed by atoms with Crippen molar-refractivity contribution in [1.82, 2.24) is 0 Å². The number of ether oxygens (including phenoxy) is 2. The largest absolute Gasteiger partial charge is 0.465 e. The van der Waals surface area contributed by atoms with Crippen LogP contribution in [0, 0.1) is 11.8 Å². The van der Waals surface area contributed by atoms with E-state index in [1.165, 1.54) is 0 Å². The molecule has 0 bridgehead atoms. The second kappa shape index (κ2) is 22.0. The van der Waals surface area contributed by atoms with Gasteiger partial charge in [-0.1, -0.05) is 88.5 Å². The van der Waals surface area contributed by atoms with Gasteiger partial charge in [0.25, 0.3) is 0 Å². The van der Waals surface area contributed by atoms with Gasteiger partial charge in [0.1, 0.15) is 6.42 Å². The van der Waals surface area contributed by atoms with Gasteiger partial charge in [-0.15, -0.1) is 0 Å². The molecule has 0 spiro atoms. The van der Waals surface area contributed by atoms with Gasteiger partial charge < -0.3 is 9.47 Å². The van der Waals surface area contributed by atoms with E-state index >= 15 is 0 Å². The van der Waals surface area contributed by atoms with Gasteiger partial charge in [-0.25, -0.2) is 0 Å². The van der Waals surface area contributed by atoms with Crippen LogP contribution in [0.5, 0.6) is 0 Å². The van der Waals surface area contributed by atoms with Crippen molar-refractivity contribution < 1.29 is 19.1 Å². The van der Waals surface area contributed by atoms with Crippen LogP contribution in [-0.4, -0.2) is 25.2 Å². The Morgan fingerprint density at radius 2 is 1.04 bits per heavy atom. The minimum atomic E-state index is -0.466. The van der Waals surface area contributed by atoms with Gasteiger partial charge in [-0.2, -0.15) is 0 Å². The maximum atomic E-state index is 11.7. The number of rotatable bonds is 14. The normalized spacial score (nSPS) is 11.8. The summed E-state index contributed by atoms with van der Waals surface area (Å²) in [4.78, 5) is 23.4. The zero-order valence-corrected chi connectivity index (χ0v) is 15.6. The van der Waals surface area contributed by atoms with Crippen LogP contribution < -0.4 is 0 Å². The molecule has 0 saturated carbocycles. The molecule has 4 nitrogen and oxygen atoms in total. The van der Waals surface area contributed by atoms with Crippen molar-refractivity contribution in [3.63, 3.8) is 0 Å². The number of unbranched alkanes of at least 4 members (excludes halogenated alkanes) is 2. The Morgan fingerprint density at radius 1 is 0.692 bits per heavy atom. The summed E-state index contributed by atoms with van der Waals surface area (Å²) in [5.74, 6) is -0.139. The van der Waals surface area contributed by atoms with E-state index in [4.69, 9.17) is 9.47 Å². The molecule has 26 heavy (non-hydrogen) atoms. The minimum Gasteiger partial charge on any atom is -0.465 e. The molecule has 0 N–H and O–H groups in total. The Morgan fingerprint density at radius 3 is 1.31 bits per heavy atom. The van der Waals surface area contributed by atoms with Gasteiger partial charge >= 0.3 is 11.9 Å². The van der Waals surface area contributed by atoms with Gasteiger partial charge in [0, 0.05) is 0 Å². The first-order valence-corrected chi connectivity index (χ1v) is 9.38. The molecular weight excluding hydrogens is 328 g/mol. The predicted octanol–water partition coefficient (Wildman–Crippen LogP) is 6.80. The third kappa shape index (κ3) is 17.8. The molecule has 0 heterocycles. The maximum absolute atomic E-state index is 11.7. The smallest absolute Gasteiger partial charge is 0.317 e. The Labute approximate surface area is 164 Å². The lowest BCUT2D eigenvalue weighted by Crippen LogP contribution is -2.20. The molecule has 0 saturated heterocycles. The van der Waals surface area contributed by atoms with Gasteiger partial charge in [-0.3, -0.25) is 9.59 Å². The Bertz CT molecular complexity index is 285. The number of hydrogen-bond acceptors (Lipinski definition) is 4. The fraction of sp³-hybridized carbons (Fsp3) is 0.909. The second-order valence-electron chi connectivity index (χ2n) is 6.38. The highest BCUT2D eigenvalue weighted by molar-refractivity contribution is 5.91. The highest BCUT2D eigenvalue weighted by Crippen LogP contribution is 2.14. The van der Waals surface area contributed by atoms with Crippen molar-refractivity contribution in [3.8, 4) is 0 Å². The van der Waals surface area contributed by atoms with E-state index in [0.29, 0.717) is 25.0 Å². The van der Waals surface area contributed by atoms with E-state index < -0.39 is 11.9 Å². The van der Waals surface area contributed by atoms with Gasteiger partial charge in [-0.05, 0) is 24.7 Å². The molecule has 160 valence electrons. The molecule has 0 radical (unpaired) electrons.